The van der Waals surface area contributed by atoms with E-state index in [0.717, 1.165) is 51.7 Å². The number of allylic oxidation sites excluding steroid dienone is 3. The lowest BCUT2D eigenvalue weighted by Crippen LogP contribution is -2.64. The van der Waals surface area contributed by atoms with Crippen molar-refractivity contribution in [1.29, 1.82) is 0 Å². The second kappa shape index (κ2) is 11.3. The van der Waals surface area contributed by atoms with Crippen LogP contribution in [0.15, 0.2) is 60.2 Å². The van der Waals surface area contributed by atoms with Gasteiger partial charge in [0.05, 0.1) is 17.4 Å². The number of ketones is 1. The summed E-state index contributed by atoms with van der Waals surface area (Å²) in [5, 5.41) is 21.1. The molecule has 50 heavy (non-hydrogen) atoms. The van der Waals surface area contributed by atoms with Crippen LogP contribution < -0.4 is 31.7 Å². The molecular weight excluding hydrogens is 613 g/mol. The van der Waals surface area contributed by atoms with Crippen LogP contribution >= 0.6 is 0 Å². The summed E-state index contributed by atoms with van der Waals surface area (Å²) in [6.07, 6.45) is 13.8. The number of rotatable bonds is 3. The van der Waals surface area contributed by atoms with Crippen LogP contribution in [0, 0.1) is 35.5 Å². The maximum absolute atomic E-state index is 14.8. The van der Waals surface area contributed by atoms with Crippen LogP contribution in [-0.4, -0.2) is 17.1 Å². The van der Waals surface area contributed by atoms with Gasteiger partial charge in [-0.25, -0.2) is 0 Å². The van der Waals surface area contributed by atoms with Crippen molar-refractivity contribution in [3.63, 3.8) is 0 Å². The van der Waals surface area contributed by atoms with Crippen LogP contribution in [0.1, 0.15) is 104 Å². The van der Waals surface area contributed by atoms with Crippen molar-refractivity contribution < 1.29 is 4.79 Å². The Morgan fingerprint density at radius 3 is 2.18 bits per heavy atom. The van der Waals surface area contributed by atoms with Crippen LogP contribution in [0.25, 0.3) is 28.0 Å². The van der Waals surface area contributed by atoms with Gasteiger partial charge >= 0.3 is 0 Å². The van der Waals surface area contributed by atoms with Crippen molar-refractivity contribution in [2.75, 3.05) is 16.0 Å². The number of anilines is 3. The van der Waals surface area contributed by atoms with E-state index in [9.17, 15) is 4.79 Å². The van der Waals surface area contributed by atoms with E-state index in [4.69, 9.17) is 0 Å². The third-order valence-corrected chi connectivity index (χ3v) is 14.1. The van der Waals surface area contributed by atoms with Gasteiger partial charge in [0.25, 0.3) is 0 Å². The van der Waals surface area contributed by atoms with E-state index in [-0.39, 0.29) is 23.2 Å². The molecule has 2 aliphatic heterocycles. The number of hydrogen-bond acceptors (Lipinski definition) is 5. The van der Waals surface area contributed by atoms with Crippen molar-refractivity contribution in [2.24, 2.45) is 35.5 Å². The van der Waals surface area contributed by atoms with Crippen LogP contribution in [0.5, 0.6) is 0 Å². The molecule has 6 aliphatic rings. The Morgan fingerprint density at radius 2 is 1.46 bits per heavy atom. The highest BCUT2D eigenvalue weighted by molar-refractivity contribution is 6.53. The lowest BCUT2D eigenvalue weighted by molar-refractivity contribution is -0.109. The van der Waals surface area contributed by atoms with Gasteiger partial charge in [-0.05, 0) is 103 Å². The van der Waals surface area contributed by atoms with Crippen LogP contribution in [-0.2, 0) is 4.79 Å². The molecule has 2 fully saturated rings. The number of Topliss-reactive ketones (excluding diaryl/α,β-unsaturated/α-hetero) is 1. The van der Waals surface area contributed by atoms with Crippen LogP contribution in [0.4, 0.5) is 17.1 Å². The summed E-state index contributed by atoms with van der Waals surface area (Å²) in [5.41, 5.74) is 8.17. The molecule has 3 aromatic carbocycles. The summed E-state index contributed by atoms with van der Waals surface area (Å²) in [7, 11) is 0. The Labute approximate surface area is 297 Å². The summed E-state index contributed by atoms with van der Waals surface area (Å²) < 4.78 is 0. The number of carbonyl (C=O) groups excluding carboxylic acids is 1. The molecule has 7 atom stereocenters. The van der Waals surface area contributed by atoms with E-state index in [1.165, 1.54) is 52.9 Å². The molecular formula is C45H54N4O. The van der Waals surface area contributed by atoms with E-state index in [1.807, 2.05) is 0 Å². The van der Waals surface area contributed by atoms with Crippen LogP contribution in [0.3, 0.4) is 0 Å². The first-order valence-electron chi connectivity index (χ1n) is 19.5. The van der Waals surface area contributed by atoms with Gasteiger partial charge in [0.1, 0.15) is 5.66 Å². The van der Waals surface area contributed by atoms with E-state index in [2.05, 4.69) is 130 Å². The van der Waals surface area contributed by atoms with Gasteiger partial charge in [-0.15, -0.1) is 0 Å². The summed E-state index contributed by atoms with van der Waals surface area (Å²) in [4.78, 5) is 14.8. The third-order valence-electron chi connectivity index (χ3n) is 14.1. The van der Waals surface area contributed by atoms with Crippen LogP contribution in [0.2, 0.25) is 0 Å². The molecule has 2 saturated carbocycles. The van der Waals surface area contributed by atoms with Gasteiger partial charge in [-0.1, -0.05) is 96.2 Å². The minimum absolute atomic E-state index is 0.127. The van der Waals surface area contributed by atoms with Crippen molar-refractivity contribution >= 4 is 50.8 Å². The summed E-state index contributed by atoms with van der Waals surface area (Å²) in [5.74, 6) is 3.67. The van der Waals surface area contributed by atoms with E-state index in [0.29, 0.717) is 35.5 Å². The van der Waals surface area contributed by atoms with Crippen molar-refractivity contribution in [1.82, 2.24) is 5.32 Å². The predicted molar refractivity (Wildman–Crippen MR) is 209 cm³/mol. The SMILES string of the molecule is CC1=C(c2ccc3cccc4c3c2NC2(CC(C(C)C)CCC2C)N4)C(=O)/C1=c1\ccc2c3c1NC1(CC(C(C)C)CCC1C)NC3C=CC=2. The van der Waals surface area contributed by atoms with E-state index in [1.54, 1.807) is 0 Å². The minimum Gasteiger partial charge on any atom is -0.366 e. The zero-order chi connectivity index (χ0) is 34.7. The zero-order valence-corrected chi connectivity index (χ0v) is 31.0. The largest absolute Gasteiger partial charge is 0.366 e. The molecule has 2 spiro atoms. The molecule has 0 aromatic heterocycles. The lowest BCUT2D eigenvalue weighted by Gasteiger charge is -2.53. The quantitative estimate of drug-likeness (QED) is 0.225. The second-order valence-electron chi connectivity index (χ2n) is 17.5. The van der Waals surface area contributed by atoms with Crippen molar-refractivity contribution in [2.45, 2.75) is 104 Å². The number of nitrogens with one attached hydrogen (secondary N) is 4. The molecule has 3 aromatic rings. The monoisotopic (exact) mass is 666 g/mol. The standard InChI is InChI=1S/C45H54N4O/c1-24(2)31-16-14-26(5)44(22-31)46-35-12-8-10-29-18-20-33(41(48-44)39(29)35)37-28(7)38(43(37)50)34-21-19-30-11-9-13-36-40(30)42(34)49-45(47-36)23-32(25(3)4)17-15-27(45)6/h8-13,18-21,24-27,31-32,35,46-49H,14-17,22-23H2,1-7H3/b37-33+. The first-order chi connectivity index (χ1) is 24.0. The van der Waals surface area contributed by atoms with Crippen molar-refractivity contribution in [3.05, 3.63) is 81.8 Å². The maximum Gasteiger partial charge on any atom is 0.194 e. The average Bonchev–Trinajstić information content (AvgIpc) is 3.09. The zero-order valence-electron chi connectivity index (χ0n) is 31.0. The van der Waals surface area contributed by atoms with Gasteiger partial charge in [0.15, 0.2) is 5.78 Å². The molecule has 0 amide bonds. The summed E-state index contributed by atoms with van der Waals surface area (Å²) in [6, 6.07) is 15.6. The van der Waals surface area contributed by atoms with E-state index < -0.39 is 0 Å². The highest BCUT2D eigenvalue weighted by Gasteiger charge is 2.49. The molecule has 2 heterocycles. The molecule has 9 rings (SSSR count). The van der Waals surface area contributed by atoms with Gasteiger partial charge in [0.2, 0.25) is 0 Å². The fourth-order valence-corrected chi connectivity index (χ4v) is 10.7. The normalized spacial score (nSPS) is 33.6. The highest BCUT2D eigenvalue weighted by Crippen LogP contribution is 2.52. The molecule has 260 valence electrons. The van der Waals surface area contributed by atoms with E-state index >= 15 is 0 Å². The minimum atomic E-state index is -0.240. The van der Waals surface area contributed by atoms with Gasteiger partial charge < -0.3 is 16.0 Å². The molecule has 7 unspecified atom stereocenters. The highest BCUT2D eigenvalue weighted by atomic mass is 16.1. The molecule has 0 saturated heterocycles. The second-order valence-corrected chi connectivity index (χ2v) is 17.5. The maximum atomic E-state index is 14.8. The summed E-state index contributed by atoms with van der Waals surface area (Å²) >= 11 is 0. The number of carbonyl (C=O) groups is 1. The predicted octanol–water partition coefficient (Wildman–Crippen LogP) is 8.87. The lowest BCUT2D eigenvalue weighted by atomic mass is 9.68. The number of hydrogen-bond donors (Lipinski definition) is 4. The van der Waals surface area contributed by atoms with Gasteiger partial charge in [0, 0.05) is 44.3 Å². The fourth-order valence-electron chi connectivity index (χ4n) is 10.7. The smallest absolute Gasteiger partial charge is 0.194 e. The average molecular weight is 667 g/mol. The molecule has 4 N–H and O–H groups in total. The Morgan fingerprint density at radius 1 is 0.760 bits per heavy atom. The van der Waals surface area contributed by atoms with Gasteiger partial charge in [-0.2, -0.15) is 0 Å². The fraction of sp³-hybridized carbons (Fsp3) is 0.489. The Kier molecular flexibility index (Phi) is 7.28. The molecule has 4 aliphatic carbocycles. The van der Waals surface area contributed by atoms with Crippen molar-refractivity contribution in [3.8, 4) is 0 Å². The Hall–Kier alpha value is -3.83. The first-order valence-corrected chi connectivity index (χ1v) is 19.5. The molecule has 5 nitrogen and oxygen atoms in total. The topological polar surface area (TPSA) is 65.2 Å². The molecule has 0 bridgehead atoms. The third kappa shape index (κ3) is 4.57. The number of benzene rings is 3. The first kappa shape index (κ1) is 32.1. The summed E-state index contributed by atoms with van der Waals surface area (Å²) in [6.45, 7) is 16.4. The Balaban J connectivity index is 1.20. The Bertz CT molecular complexity index is 2140. The molecule has 5 heteroatoms. The molecule has 0 radical (unpaired) electrons. The van der Waals surface area contributed by atoms with Gasteiger partial charge in [-0.3, -0.25) is 10.1 Å².